The van der Waals surface area contributed by atoms with Gasteiger partial charge >= 0.3 is 0 Å². The van der Waals surface area contributed by atoms with E-state index in [1.54, 1.807) is 0 Å². The van der Waals surface area contributed by atoms with E-state index in [0.717, 1.165) is 31.5 Å². The summed E-state index contributed by atoms with van der Waals surface area (Å²) >= 11 is 0. The number of hydrogen-bond donors (Lipinski definition) is 2. The van der Waals surface area contributed by atoms with E-state index < -0.39 is 5.60 Å². The Labute approximate surface area is 90.6 Å². The van der Waals surface area contributed by atoms with Crippen molar-refractivity contribution in [1.29, 1.82) is 0 Å². The van der Waals surface area contributed by atoms with Gasteiger partial charge in [-0.25, -0.2) is 0 Å². The van der Waals surface area contributed by atoms with E-state index in [1.165, 1.54) is 0 Å². The van der Waals surface area contributed by atoms with Crippen LogP contribution < -0.4 is 5.32 Å². The van der Waals surface area contributed by atoms with Crippen LogP contribution in [0.1, 0.15) is 18.4 Å². The SMILES string of the molecule is OC1(/C=C/c2ccccc2)CCNCC1. The number of hydrogen-bond acceptors (Lipinski definition) is 2. The van der Waals surface area contributed by atoms with Gasteiger partial charge in [-0.1, -0.05) is 42.5 Å². The van der Waals surface area contributed by atoms with Crippen LogP contribution in [0.3, 0.4) is 0 Å². The minimum absolute atomic E-state index is 0.610. The molecule has 1 aromatic rings. The summed E-state index contributed by atoms with van der Waals surface area (Å²) in [6.45, 7) is 1.80. The zero-order chi connectivity index (χ0) is 10.6. The molecule has 80 valence electrons. The van der Waals surface area contributed by atoms with Crippen molar-refractivity contribution in [2.24, 2.45) is 0 Å². The molecule has 0 saturated carbocycles. The summed E-state index contributed by atoms with van der Waals surface area (Å²) in [5.74, 6) is 0. The predicted molar refractivity (Wildman–Crippen MR) is 62.5 cm³/mol. The molecule has 15 heavy (non-hydrogen) atoms. The first-order valence-corrected chi connectivity index (χ1v) is 5.46. The Kier molecular flexibility index (Phi) is 3.19. The third-order valence-corrected chi connectivity index (χ3v) is 2.85. The Morgan fingerprint density at radius 1 is 1.13 bits per heavy atom. The average molecular weight is 203 g/mol. The normalized spacial score (nSPS) is 20.6. The lowest BCUT2D eigenvalue weighted by Gasteiger charge is -2.29. The Morgan fingerprint density at radius 2 is 1.80 bits per heavy atom. The second kappa shape index (κ2) is 4.60. The van der Waals surface area contributed by atoms with E-state index >= 15 is 0 Å². The summed E-state index contributed by atoms with van der Waals surface area (Å²) in [5.41, 5.74) is 0.533. The van der Waals surface area contributed by atoms with Crippen molar-refractivity contribution >= 4 is 6.08 Å². The van der Waals surface area contributed by atoms with Gasteiger partial charge in [0, 0.05) is 0 Å². The lowest BCUT2D eigenvalue weighted by molar-refractivity contribution is 0.0590. The molecular formula is C13H17NO. The Bertz CT molecular complexity index is 326. The van der Waals surface area contributed by atoms with Crippen molar-refractivity contribution in [3.05, 3.63) is 42.0 Å². The van der Waals surface area contributed by atoms with Crippen LogP contribution in [0.2, 0.25) is 0 Å². The molecule has 1 aromatic carbocycles. The summed E-state index contributed by atoms with van der Waals surface area (Å²) in [7, 11) is 0. The van der Waals surface area contributed by atoms with Gasteiger partial charge in [0.1, 0.15) is 0 Å². The minimum atomic E-state index is -0.610. The molecule has 1 aliphatic rings. The van der Waals surface area contributed by atoms with Gasteiger partial charge in [-0.2, -0.15) is 0 Å². The molecule has 0 bridgehead atoms. The van der Waals surface area contributed by atoms with Gasteiger partial charge in [0.25, 0.3) is 0 Å². The number of nitrogens with one attached hydrogen (secondary N) is 1. The quantitative estimate of drug-likeness (QED) is 0.768. The molecule has 1 heterocycles. The lowest BCUT2D eigenvalue weighted by Crippen LogP contribution is -2.40. The number of benzene rings is 1. The Morgan fingerprint density at radius 3 is 2.47 bits per heavy atom. The molecular weight excluding hydrogens is 186 g/mol. The van der Waals surface area contributed by atoms with Crippen LogP contribution in [0.4, 0.5) is 0 Å². The van der Waals surface area contributed by atoms with Gasteiger partial charge in [-0.3, -0.25) is 0 Å². The van der Waals surface area contributed by atoms with Crippen molar-refractivity contribution in [2.75, 3.05) is 13.1 Å². The highest BCUT2D eigenvalue weighted by Crippen LogP contribution is 2.20. The predicted octanol–water partition coefficient (Wildman–Crippen LogP) is 1.81. The summed E-state index contributed by atoms with van der Waals surface area (Å²) in [6, 6.07) is 10.1. The van der Waals surface area contributed by atoms with Gasteiger partial charge in [0.15, 0.2) is 0 Å². The molecule has 0 amide bonds. The first-order valence-electron chi connectivity index (χ1n) is 5.46. The van der Waals surface area contributed by atoms with E-state index in [4.69, 9.17) is 0 Å². The number of piperidine rings is 1. The van der Waals surface area contributed by atoms with Gasteiger partial charge in [-0.05, 0) is 31.5 Å². The highest BCUT2D eigenvalue weighted by molar-refractivity contribution is 5.50. The Hall–Kier alpha value is -1.12. The topological polar surface area (TPSA) is 32.3 Å². The second-order valence-corrected chi connectivity index (χ2v) is 4.10. The van der Waals surface area contributed by atoms with Crippen LogP contribution in [0.5, 0.6) is 0 Å². The van der Waals surface area contributed by atoms with Crippen LogP contribution in [0.25, 0.3) is 6.08 Å². The molecule has 2 N–H and O–H groups in total. The summed E-state index contributed by atoms with van der Waals surface area (Å²) in [4.78, 5) is 0. The third kappa shape index (κ3) is 2.91. The Balaban J connectivity index is 2.04. The molecule has 1 aliphatic heterocycles. The fourth-order valence-electron chi connectivity index (χ4n) is 1.84. The third-order valence-electron chi connectivity index (χ3n) is 2.85. The van der Waals surface area contributed by atoms with Gasteiger partial charge in [0.05, 0.1) is 5.60 Å². The highest BCUT2D eigenvalue weighted by atomic mass is 16.3. The van der Waals surface area contributed by atoms with E-state index in [0.29, 0.717) is 0 Å². The first-order chi connectivity index (χ1) is 7.29. The van der Waals surface area contributed by atoms with Crippen LogP contribution in [-0.4, -0.2) is 23.8 Å². The average Bonchev–Trinajstić information content (AvgIpc) is 2.29. The molecule has 0 atom stereocenters. The molecule has 0 aromatic heterocycles. The van der Waals surface area contributed by atoms with Gasteiger partial charge in [0.2, 0.25) is 0 Å². The highest BCUT2D eigenvalue weighted by Gasteiger charge is 2.25. The maximum atomic E-state index is 10.2. The van der Waals surface area contributed by atoms with Crippen molar-refractivity contribution in [1.82, 2.24) is 5.32 Å². The second-order valence-electron chi connectivity index (χ2n) is 4.10. The molecule has 0 aliphatic carbocycles. The summed E-state index contributed by atoms with van der Waals surface area (Å²) < 4.78 is 0. The van der Waals surface area contributed by atoms with E-state index in [-0.39, 0.29) is 0 Å². The number of aliphatic hydroxyl groups is 1. The molecule has 0 spiro atoms. The van der Waals surface area contributed by atoms with Crippen molar-refractivity contribution in [3.63, 3.8) is 0 Å². The maximum Gasteiger partial charge on any atom is 0.0855 e. The molecule has 1 fully saturated rings. The molecule has 1 saturated heterocycles. The number of rotatable bonds is 2. The van der Waals surface area contributed by atoms with E-state index in [1.807, 2.05) is 42.5 Å². The maximum absolute atomic E-state index is 10.2. The minimum Gasteiger partial charge on any atom is -0.386 e. The van der Waals surface area contributed by atoms with Crippen molar-refractivity contribution in [2.45, 2.75) is 18.4 Å². The van der Waals surface area contributed by atoms with Gasteiger partial charge < -0.3 is 10.4 Å². The standard InChI is InChI=1S/C13H17NO/c15-13(8-10-14-11-9-13)7-6-12-4-2-1-3-5-12/h1-7,14-15H,8-11H2/b7-6+. The zero-order valence-corrected chi connectivity index (χ0v) is 8.82. The van der Waals surface area contributed by atoms with Crippen LogP contribution in [0, 0.1) is 0 Å². The fourth-order valence-corrected chi connectivity index (χ4v) is 1.84. The molecule has 0 unspecified atom stereocenters. The first kappa shape index (κ1) is 10.4. The smallest absolute Gasteiger partial charge is 0.0855 e. The molecule has 2 nitrogen and oxygen atoms in total. The monoisotopic (exact) mass is 203 g/mol. The van der Waals surface area contributed by atoms with Gasteiger partial charge in [-0.15, -0.1) is 0 Å². The summed E-state index contributed by atoms with van der Waals surface area (Å²) in [6.07, 6.45) is 5.54. The van der Waals surface area contributed by atoms with Crippen LogP contribution in [-0.2, 0) is 0 Å². The fraction of sp³-hybridized carbons (Fsp3) is 0.385. The summed E-state index contributed by atoms with van der Waals surface area (Å²) in [5, 5.41) is 13.4. The van der Waals surface area contributed by atoms with Crippen LogP contribution >= 0.6 is 0 Å². The van der Waals surface area contributed by atoms with Crippen molar-refractivity contribution < 1.29 is 5.11 Å². The van der Waals surface area contributed by atoms with E-state index in [9.17, 15) is 5.11 Å². The molecule has 2 rings (SSSR count). The zero-order valence-electron chi connectivity index (χ0n) is 8.82. The molecule has 2 heteroatoms. The van der Waals surface area contributed by atoms with Crippen LogP contribution in [0.15, 0.2) is 36.4 Å². The largest absolute Gasteiger partial charge is 0.386 e. The lowest BCUT2D eigenvalue weighted by atomic mass is 9.91. The van der Waals surface area contributed by atoms with Crippen molar-refractivity contribution in [3.8, 4) is 0 Å². The molecule has 0 radical (unpaired) electrons. The van der Waals surface area contributed by atoms with E-state index in [2.05, 4.69) is 5.32 Å².